The third-order valence-electron chi connectivity index (χ3n) is 5.23. The van der Waals surface area contributed by atoms with Gasteiger partial charge in [-0.2, -0.15) is 0 Å². The minimum Gasteiger partial charge on any atom is -0.371 e. The van der Waals surface area contributed by atoms with E-state index in [0.717, 1.165) is 24.2 Å². The van der Waals surface area contributed by atoms with Gasteiger partial charge in [-0.15, -0.1) is 0 Å². The number of nitrogens with zero attached hydrogens (tertiary/aromatic N) is 2. The zero-order valence-corrected chi connectivity index (χ0v) is 15.8. The molecule has 1 atom stereocenters. The fraction of sp³-hybridized carbons (Fsp3) is 0.364. The van der Waals surface area contributed by atoms with E-state index in [0.29, 0.717) is 38.3 Å². The van der Waals surface area contributed by atoms with E-state index in [2.05, 4.69) is 22.3 Å². The number of carbonyl (C=O) groups is 2. The first-order valence-electron chi connectivity index (χ1n) is 9.79. The van der Waals surface area contributed by atoms with E-state index >= 15 is 0 Å². The summed E-state index contributed by atoms with van der Waals surface area (Å²) in [6, 6.07) is 17.6. The molecule has 1 N–H and O–H groups in total. The highest BCUT2D eigenvalue weighted by molar-refractivity contribution is 6.02. The van der Waals surface area contributed by atoms with Gasteiger partial charge in [0.05, 0.1) is 30.6 Å². The Morgan fingerprint density at radius 2 is 1.86 bits per heavy atom. The normalized spacial score (nSPS) is 20.4. The molecule has 6 heteroatoms. The van der Waals surface area contributed by atoms with E-state index in [1.165, 1.54) is 0 Å². The first-order chi connectivity index (χ1) is 13.7. The average Bonchev–Trinajstić information content (AvgIpc) is 3.15. The van der Waals surface area contributed by atoms with Crippen LogP contribution < -0.4 is 10.2 Å². The van der Waals surface area contributed by atoms with Crippen molar-refractivity contribution < 1.29 is 14.3 Å². The Kier molecular flexibility index (Phi) is 5.69. The number of morpholine rings is 1. The second kappa shape index (κ2) is 8.54. The molecule has 2 aliphatic rings. The second-order valence-electron chi connectivity index (χ2n) is 7.22. The number of amides is 2. The number of hydrogen-bond donors (Lipinski definition) is 1. The van der Waals surface area contributed by atoms with Gasteiger partial charge in [0.25, 0.3) is 0 Å². The second-order valence-corrected chi connectivity index (χ2v) is 7.22. The molecule has 2 aromatic rings. The highest BCUT2D eigenvalue weighted by atomic mass is 16.5. The quantitative estimate of drug-likeness (QED) is 0.868. The predicted octanol–water partition coefficient (Wildman–Crippen LogP) is 2.83. The van der Waals surface area contributed by atoms with E-state index in [1.54, 1.807) is 4.90 Å². The molecule has 0 spiro atoms. The molecule has 0 aromatic heterocycles. The fourth-order valence-electron chi connectivity index (χ4n) is 3.83. The molecule has 2 aliphatic heterocycles. The van der Waals surface area contributed by atoms with Crippen molar-refractivity contribution in [1.82, 2.24) is 4.90 Å². The van der Waals surface area contributed by atoms with Gasteiger partial charge in [0.1, 0.15) is 0 Å². The molecular formula is C22H25N3O3. The van der Waals surface area contributed by atoms with Crippen LogP contribution in [-0.4, -0.2) is 49.5 Å². The van der Waals surface area contributed by atoms with Crippen molar-refractivity contribution in [3.63, 3.8) is 0 Å². The lowest BCUT2D eigenvalue weighted by molar-refractivity contribution is -0.119. The van der Waals surface area contributed by atoms with Crippen LogP contribution in [0.2, 0.25) is 0 Å². The van der Waals surface area contributed by atoms with Crippen molar-refractivity contribution in [2.45, 2.75) is 18.9 Å². The highest BCUT2D eigenvalue weighted by Gasteiger charge is 2.26. The predicted molar refractivity (Wildman–Crippen MR) is 108 cm³/mol. The summed E-state index contributed by atoms with van der Waals surface area (Å²) >= 11 is 0. The fourth-order valence-corrected chi connectivity index (χ4v) is 3.83. The molecule has 0 bridgehead atoms. The first kappa shape index (κ1) is 18.7. The third kappa shape index (κ3) is 4.24. The first-order valence-corrected chi connectivity index (χ1v) is 9.79. The molecule has 0 saturated carbocycles. The Morgan fingerprint density at radius 3 is 2.64 bits per heavy atom. The molecule has 0 radical (unpaired) electrons. The van der Waals surface area contributed by atoms with Crippen LogP contribution in [-0.2, 0) is 14.3 Å². The van der Waals surface area contributed by atoms with Crippen molar-refractivity contribution >= 4 is 23.2 Å². The molecule has 2 amide bonds. The number of benzene rings is 2. The van der Waals surface area contributed by atoms with Crippen molar-refractivity contribution in [3.05, 3.63) is 60.2 Å². The van der Waals surface area contributed by atoms with Gasteiger partial charge in [0.15, 0.2) is 0 Å². The number of carbonyl (C=O) groups excluding carboxylic acids is 2. The number of para-hydroxylation sites is 2. The Morgan fingerprint density at radius 1 is 1.07 bits per heavy atom. The molecular weight excluding hydrogens is 354 g/mol. The van der Waals surface area contributed by atoms with Crippen LogP contribution in [0.25, 0.3) is 0 Å². The van der Waals surface area contributed by atoms with Gasteiger partial charge < -0.3 is 15.0 Å². The van der Waals surface area contributed by atoms with Gasteiger partial charge in [0.2, 0.25) is 11.8 Å². The van der Waals surface area contributed by atoms with Crippen molar-refractivity contribution in [2.24, 2.45) is 0 Å². The largest absolute Gasteiger partial charge is 0.371 e. The SMILES string of the molecule is O=C(CN1CCOC(c2ccccc2)C1)Nc1ccccc1N1CCCC1=O. The Hall–Kier alpha value is -2.70. The third-order valence-corrected chi connectivity index (χ3v) is 5.23. The highest BCUT2D eigenvalue weighted by Crippen LogP contribution is 2.29. The summed E-state index contributed by atoms with van der Waals surface area (Å²) in [7, 11) is 0. The molecule has 2 heterocycles. The molecule has 1 unspecified atom stereocenters. The molecule has 4 rings (SSSR count). The van der Waals surface area contributed by atoms with Gasteiger partial charge in [-0.05, 0) is 24.1 Å². The Balaban J connectivity index is 1.39. The van der Waals surface area contributed by atoms with Crippen LogP contribution in [0.5, 0.6) is 0 Å². The van der Waals surface area contributed by atoms with Gasteiger partial charge in [0, 0.05) is 26.1 Å². The maximum absolute atomic E-state index is 12.7. The molecule has 0 aliphatic carbocycles. The summed E-state index contributed by atoms with van der Waals surface area (Å²) in [6.45, 7) is 3.02. The summed E-state index contributed by atoms with van der Waals surface area (Å²) in [5.74, 6) is 0.0355. The van der Waals surface area contributed by atoms with Gasteiger partial charge >= 0.3 is 0 Å². The average molecular weight is 379 g/mol. The van der Waals surface area contributed by atoms with E-state index in [4.69, 9.17) is 4.74 Å². The lowest BCUT2D eigenvalue weighted by Crippen LogP contribution is -2.42. The minimum absolute atomic E-state index is 0.0164. The van der Waals surface area contributed by atoms with Gasteiger partial charge in [-0.25, -0.2) is 0 Å². The molecule has 146 valence electrons. The summed E-state index contributed by atoms with van der Waals surface area (Å²) < 4.78 is 5.87. The van der Waals surface area contributed by atoms with Crippen LogP contribution in [0.15, 0.2) is 54.6 Å². The zero-order valence-electron chi connectivity index (χ0n) is 15.8. The minimum atomic E-state index is -0.0761. The molecule has 28 heavy (non-hydrogen) atoms. The number of hydrogen-bond acceptors (Lipinski definition) is 4. The molecule has 2 aromatic carbocycles. The van der Waals surface area contributed by atoms with Gasteiger partial charge in [-0.1, -0.05) is 42.5 Å². The molecule has 6 nitrogen and oxygen atoms in total. The van der Waals surface area contributed by atoms with E-state index in [9.17, 15) is 9.59 Å². The van der Waals surface area contributed by atoms with Crippen LogP contribution in [0.4, 0.5) is 11.4 Å². The van der Waals surface area contributed by atoms with Gasteiger partial charge in [-0.3, -0.25) is 14.5 Å². The Labute approximate surface area is 165 Å². The maximum atomic E-state index is 12.7. The van der Waals surface area contributed by atoms with Crippen molar-refractivity contribution in [2.75, 3.05) is 43.0 Å². The van der Waals surface area contributed by atoms with Crippen LogP contribution in [0.1, 0.15) is 24.5 Å². The standard InChI is InChI=1S/C22H25N3O3/c26-21(16-24-13-14-28-20(15-24)17-7-2-1-3-8-17)23-18-9-4-5-10-19(18)25-12-6-11-22(25)27/h1-5,7-10,20H,6,11-16H2,(H,23,26). The number of ether oxygens (including phenoxy) is 1. The van der Waals surface area contributed by atoms with E-state index in [-0.39, 0.29) is 17.9 Å². The van der Waals surface area contributed by atoms with E-state index in [1.807, 2.05) is 42.5 Å². The summed E-state index contributed by atoms with van der Waals surface area (Å²) in [5.41, 5.74) is 2.60. The number of rotatable bonds is 5. The topological polar surface area (TPSA) is 61.9 Å². The number of nitrogens with one attached hydrogen (secondary N) is 1. The lowest BCUT2D eigenvalue weighted by Gasteiger charge is -2.32. The van der Waals surface area contributed by atoms with Crippen molar-refractivity contribution in [3.8, 4) is 0 Å². The van der Waals surface area contributed by atoms with E-state index < -0.39 is 0 Å². The van der Waals surface area contributed by atoms with Crippen molar-refractivity contribution in [1.29, 1.82) is 0 Å². The van der Waals surface area contributed by atoms with Crippen LogP contribution >= 0.6 is 0 Å². The molecule has 2 saturated heterocycles. The van der Waals surface area contributed by atoms with Crippen LogP contribution in [0.3, 0.4) is 0 Å². The number of anilines is 2. The van der Waals surface area contributed by atoms with Crippen LogP contribution in [0, 0.1) is 0 Å². The summed E-state index contributed by atoms with van der Waals surface area (Å²) in [4.78, 5) is 28.6. The lowest BCUT2D eigenvalue weighted by atomic mass is 10.1. The summed E-state index contributed by atoms with van der Waals surface area (Å²) in [5, 5.41) is 2.99. The Bertz CT molecular complexity index is 840. The smallest absolute Gasteiger partial charge is 0.238 e. The zero-order chi connectivity index (χ0) is 19.3. The monoisotopic (exact) mass is 379 g/mol. The molecule has 2 fully saturated rings. The summed E-state index contributed by atoms with van der Waals surface area (Å²) in [6.07, 6.45) is 1.41. The maximum Gasteiger partial charge on any atom is 0.238 e.